The topological polar surface area (TPSA) is 20.2 Å². The van der Waals surface area contributed by atoms with Gasteiger partial charge in [0.1, 0.15) is 14.2 Å². The van der Waals surface area contributed by atoms with E-state index >= 15 is 0 Å². The second-order valence-corrected chi connectivity index (χ2v) is 18.4. The molecule has 0 spiro atoms. The van der Waals surface area contributed by atoms with Crippen molar-refractivity contribution in [2.75, 3.05) is 0 Å². The first-order valence-corrected chi connectivity index (χ1v) is 13.2. The van der Waals surface area contributed by atoms with Gasteiger partial charge in [-0.05, 0) is 0 Å². The quantitative estimate of drug-likeness (QED) is 0.355. The van der Waals surface area contributed by atoms with Crippen molar-refractivity contribution >= 4 is 38.7 Å². The molecule has 0 aromatic heterocycles. The van der Waals surface area contributed by atoms with Crippen LogP contribution in [-0.4, -0.2) is 30.9 Å². The molecule has 0 saturated carbocycles. The molecule has 2 atom stereocenters. The number of aliphatic hydroxyl groups is 1. The summed E-state index contributed by atoms with van der Waals surface area (Å²) in [7, 11) is -2.60. The number of hydrogen-bond donors (Lipinski definition) is 1. The van der Waals surface area contributed by atoms with Crippen LogP contribution >= 0.6 is 22.6 Å². The average Bonchev–Trinajstić information content (AvgIpc) is 1.95. The number of rotatable bonds is 2. The van der Waals surface area contributed by atoms with Gasteiger partial charge in [0.05, 0.1) is 8.07 Å². The summed E-state index contributed by atoms with van der Waals surface area (Å²) < 4.78 is 0.323. The van der Waals surface area contributed by atoms with Gasteiger partial charge in [0.15, 0.2) is 0 Å². The first-order chi connectivity index (χ1) is 6.04. The maximum absolute atomic E-state index is 9.89. The number of alkyl halides is 1. The predicted molar refractivity (Wildman–Crippen MR) is 78.3 cm³/mol. The predicted octanol–water partition coefficient (Wildman–Crippen LogP) is 2.91. The molecular formula is C10H21IOSi2. The Bertz CT molecular complexity index is 242. The molecular weight excluding hydrogens is 319 g/mol. The van der Waals surface area contributed by atoms with E-state index in [9.17, 15) is 5.11 Å². The zero-order chi connectivity index (χ0) is 11.6. The molecule has 0 unspecified atom stereocenters. The number of aliphatic hydroxyl groups excluding tert-OH is 1. The Hall–Kier alpha value is 0.684. The zero-order valence-corrected chi connectivity index (χ0v) is 14.1. The van der Waals surface area contributed by atoms with Crippen molar-refractivity contribution in [3.63, 3.8) is 0 Å². The average molecular weight is 340 g/mol. The van der Waals surface area contributed by atoms with Gasteiger partial charge in [-0.3, -0.25) is 0 Å². The summed E-state index contributed by atoms with van der Waals surface area (Å²) in [4.78, 5) is 0. The zero-order valence-electron chi connectivity index (χ0n) is 9.98. The molecule has 14 heavy (non-hydrogen) atoms. The van der Waals surface area contributed by atoms with Gasteiger partial charge in [-0.2, -0.15) is 0 Å². The molecule has 1 nitrogen and oxygen atoms in total. The lowest BCUT2D eigenvalue weighted by atomic mass is 10.4. The molecule has 0 aliphatic rings. The SMILES string of the molecule is C[Si](C)(C)C#C[C@H](O)[C@H](I)[Si](C)(C)C. The van der Waals surface area contributed by atoms with E-state index in [4.69, 9.17) is 0 Å². The highest BCUT2D eigenvalue weighted by molar-refractivity contribution is 14.1. The molecule has 0 radical (unpaired) electrons. The summed E-state index contributed by atoms with van der Waals surface area (Å²) in [5, 5.41) is 9.89. The minimum absolute atomic E-state index is 0.323. The highest BCUT2D eigenvalue weighted by Crippen LogP contribution is 2.20. The Morgan fingerprint density at radius 3 is 1.79 bits per heavy atom. The summed E-state index contributed by atoms with van der Waals surface area (Å²) >= 11 is 2.35. The highest BCUT2D eigenvalue weighted by atomic mass is 127. The lowest BCUT2D eigenvalue weighted by molar-refractivity contribution is 0.250. The van der Waals surface area contributed by atoms with E-state index in [1.807, 2.05) is 0 Å². The monoisotopic (exact) mass is 340 g/mol. The smallest absolute Gasteiger partial charge is 0.129 e. The Balaban J connectivity index is 4.48. The highest BCUT2D eigenvalue weighted by Gasteiger charge is 2.29. The van der Waals surface area contributed by atoms with E-state index in [0.717, 1.165) is 0 Å². The third kappa shape index (κ3) is 6.22. The molecule has 4 heteroatoms. The second kappa shape index (κ2) is 5.15. The van der Waals surface area contributed by atoms with Gasteiger partial charge in [-0.25, -0.2) is 0 Å². The van der Waals surface area contributed by atoms with Crippen molar-refractivity contribution in [3.05, 3.63) is 0 Å². The van der Waals surface area contributed by atoms with E-state index in [0.29, 0.717) is 3.55 Å². The van der Waals surface area contributed by atoms with Gasteiger partial charge < -0.3 is 5.11 Å². The van der Waals surface area contributed by atoms with E-state index in [-0.39, 0.29) is 0 Å². The van der Waals surface area contributed by atoms with Crippen molar-refractivity contribution < 1.29 is 5.11 Å². The first kappa shape index (κ1) is 14.7. The maximum atomic E-state index is 9.89. The normalized spacial score (nSPS) is 16.9. The van der Waals surface area contributed by atoms with Crippen molar-refractivity contribution in [2.45, 2.75) is 48.9 Å². The molecule has 0 aliphatic carbocycles. The van der Waals surface area contributed by atoms with Crippen LogP contribution in [0.3, 0.4) is 0 Å². The summed E-state index contributed by atoms with van der Waals surface area (Å²) in [6, 6.07) is 0. The molecule has 0 aliphatic heterocycles. The summed E-state index contributed by atoms with van der Waals surface area (Å²) in [6.07, 6.45) is -0.436. The van der Waals surface area contributed by atoms with Crippen LogP contribution < -0.4 is 0 Å². The second-order valence-electron chi connectivity index (χ2n) is 5.73. The van der Waals surface area contributed by atoms with Gasteiger partial charge in [-0.1, -0.05) is 67.8 Å². The van der Waals surface area contributed by atoms with E-state index in [2.05, 4.69) is 73.3 Å². The fourth-order valence-corrected chi connectivity index (χ4v) is 2.63. The van der Waals surface area contributed by atoms with Gasteiger partial charge in [0, 0.05) is 3.55 Å². The van der Waals surface area contributed by atoms with Crippen molar-refractivity contribution in [1.29, 1.82) is 0 Å². The van der Waals surface area contributed by atoms with E-state index in [1.54, 1.807) is 0 Å². The van der Waals surface area contributed by atoms with Crippen molar-refractivity contribution in [2.24, 2.45) is 0 Å². The lowest BCUT2D eigenvalue weighted by Crippen LogP contribution is -2.41. The van der Waals surface area contributed by atoms with Gasteiger partial charge in [0.2, 0.25) is 0 Å². The van der Waals surface area contributed by atoms with Crippen LogP contribution in [0.4, 0.5) is 0 Å². The van der Waals surface area contributed by atoms with Gasteiger partial charge in [0.25, 0.3) is 0 Å². The summed E-state index contributed by atoms with van der Waals surface area (Å²) in [5.74, 6) is 3.02. The Kier molecular flexibility index (Phi) is 5.40. The van der Waals surface area contributed by atoms with Crippen LogP contribution in [0.2, 0.25) is 39.3 Å². The minimum atomic E-state index is -1.33. The molecule has 1 N–H and O–H groups in total. The number of hydrogen-bond acceptors (Lipinski definition) is 1. The Morgan fingerprint density at radius 2 is 1.50 bits per heavy atom. The Morgan fingerprint density at radius 1 is 1.07 bits per heavy atom. The Labute approximate surface area is 104 Å². The minimum Gasteiger partial charge on any atom is -0.380 e. The molecule has 82 valence electrons. The molecule has 0 aromatic carbocycles. The molecule has 0 saturated heterocycles. The summed E-state index contributed by atoms with van der Waals surface area (Å²) in [6.45, 7) is 13.4. The molecule has 0 heterocycles. The molecule has 0 aromatic rings. The lowest BCUT2D eigenvalue weighted by Gasteiger charge is -2.25. The molecule has 0 amide bonds. The van der Waals surface area contributed by atoms with Crippen LogP contribution in [0.25, 0.3) is 0 Å². The van der Waals surface area contributed by atoms with Crippen LogP contribution in [0.15, 0.2) is 0 Å². The fourth-order valence-electron chi connectivity index (χ4n) is 0.837. The van der Waals surface area contributed by atoms with Crippen LogP contribution in [-0.2, 0) is 0 Å². The molecule has 0 fully saturated rings. The molecule has 0 bridgehead atoms. The van der Waals surface area contributed by atoms with Crippen LogP contribution in [0.5, 0.6) is 0 Å². The first-order valence-electron chi connectivity index (χ1n) is 4.89. The largest absolute Gasteiger partial charge is 0.380 e. The number of halogens is 1. The van der Waals surface area contributed by atoms with Gasteiger partial charge in [-0.15, -0.1) is 5.54 Å². The maximum Gasteiger partial charge on any atom is 0.129 e. The van der Waals surface area contributed by atoms with Crippen molar-refractivity contribution in [3.8, 4) is 11.5 Å². The summed E-state index contributed by atoms with van der Waals surface area (Å²) in [5.41, 5.74) is 3.23. The van der Waals surface area contributed by atoms with Crippen LogP contribution in [0.1, 0.15) is 0 Å². The van der Waals surface area contributed by atoms with E-state index in [1.165, 1.54) is 0 Å². The molecule has 0 rings (SSSR count). The standard InChI is InChI=1S/C10H21IOSi2/c1-13(2,3)8-7-9(12)10(11)14(4,5)6/h9-10,12H,1-6H3/t9-,10+/m0/s1. The van der Waals surface area contributed by atoms with Crippen molar-refractivity contribution in [1.82, 2.24) is 0 Å². The van der Waals surface area contributed by atoms with E-state index < -0.39 is 22.3 Å². The third-order valence-electron chi connectivity index (χ3n) is 1.70. The fraction of sp³-hybridized carbons (Fsp3) is 0.800. The van der Waals surface area contributed by atoms with Crippen LogP contribution in [0, 0.1) is 11.5 Å². The third-order valence-corrected chi connectivity index (χ3v) is 10.9. The van der Waals surface area contributed by atoms with Gasteiger partial charge >= 0.3 is 0 Å².